The van der Waals surface area contributed by atoms with Crippen molar-refractivity contribution in [3.63, 3.8) is 0 Å². The molecular formula is C13H26N2O3. The Balaban J connectivity index is 1.92. The molecule has 0 spiro atoms. The lowest BCUT2D eigenvalue weighted by Crippen LogP contribution is -2.37. The first-order valence-electron chi connectivity index (χ1n) is 6.83. The first-order valence-corrected chi connectivity index (χ1v) is 6.83. The molecule has 2 atom stereocenters. The van der Waals surface area contributed by atoms with Crippen LogP contribution in [-0.4, -0.2) is 52.0 Å². The van der Waals surface area contributed by atoms with Gasteiger partial charge in [-0.05, 0) is 32.7 Å². The number of hydrogen-bond acceptors (Lipinski definition) is 4. The molecule has 5 nitrogen and oxygen atoms in total. The van der Waals surface area contributed by atoms with Gasteiger partial charge in [0.1, 0.15) is 0 Å². The molecule has 5 heteroatoms. The molecule has 1 amide bonds. The lowest BCUT2D eigenvalue weighted by atomic mass is 10.0. The number of methoxy groups -OCH3 is 1. The van der Waals surface area contributed by atoms with Crippen molar-refractivity contribution in [3.8, 4) is 0 Å². The molecule has 1 aliphatic heterocycles. The Morgan fingerprint density at radius 2 is 2.17 bits per heavy atom. The number of carbonyl (C=O) groups is 1. The van der Waals surface area contributed by atoms with E-state index in [0.717, 1.165) is 39.0 Å². The van der Waals surface area contributed by atoms with E-state index < -0.39 is 0 Å². The van der Waals surface area contributed by atoms with Crippen LogP contribution in [0, 0.1) is 5.92 Å². The third-order valence-electron chi connectivity index (χ3n) is 3.31. The third kappa shape index (κ3) is 5.80. The topological polar surface area (TPSA) is 59.6 Å². The summed E-state index contributed by atoms with van der Waals surface area (Å²) in [6, 6.07) is 0.308. The minimum Gasteiger partial charge on any atom is -0.382 e. The van der Waals surface area contributed by atoms with Crippen LogP contribution >= 0.6 is 0 Å². The number of hydrogen-bond donors (Lipinski definition) is 2. The summed E-state index contributed by atoms with van der Waals surface area (Å²) in [4.78, 5) is 11.8. The summed E-state index contributed by atoms with van der Waals surface area (Å²) in [7, 11) is 1.66. The van der Waals surface area contributed by atoms with Crippen molar-refractivity contribution in [3.05, 3.63) is 0 Å². The van der Waals surface area contributed by atoms with Crippen molar-refractivity contribution in [2.24, 2.45) is 5.92 Å². The largest absolute Gasteiger partial charge is 0.382 e. The number of ether oxygens (including phenoxy) is 2. The highest BCUT2D eigenvalue weighted by molar-refractivity contribution is 5.79. The minimum atomic E-state index is 0.142. The first kappa shape index (κ1) is 15.4. The van der Waals surface area contributed by atoms with Gasteiger partial charge in [-0.2, -0.15) is 0 Å². The van der Waals surface area contributed by atoms with Gasteiger partial charge < -0.3 is 20.1 Å². The highest BCUT2D eigenvalue weighted by Gasteiger charge is 2.28. The summed E-state index contributed by atoms with van der Waals surface area (Å²) in [6.07, 6.45) is 2.89. The van der Waals surface area contributed by atoms with Gasteiger partial charge in [-0.3, -0.25) is 4.79 Å². The van der Waals surface area contributed by atoms with Crippen molar-refractivity contribution in [2.45, 2.75) is 32.2 Å². The fourth-order valence-electron chi connectivity index (χ4n) is 2.13. The van der Waals surface area contributed by atoms with Crippen LogP contribution in [0.2, 0.25) is 0 Å². The standard InChI is InChI=1S/C13H26N2O3/c1-11-12(5-7-14-11)13(16)15-6-3-4-8-18-10-9-17-2/h11-12,14H,3-10H2,1-2H3,(H,15,16). The minimum absolute atomic E-state index is 0.142. The van der Waals surface area contributed by atoms with Crippen molar-refractivity contribution in [1.29, 1.82) is 0 Å². The number of nitrogens with one attached hydrogen (secondary N) is 2. The maximum absolute atomic E-state index is 11.8. The Kier molecular flexibility index (Phi) is 7.96. The molecular weight excluding hydrogens is 232 g/mol. The Bertz CT molecular complexity index is 236. The van der Waals surface area contributed by atoms with Crippen molar-refractivity contribution >= 4 is 5.91 Å². The molecule has 1 fully saturated rings. The van der Waals surface area contributed by atoms with Gasteiger partial charge in [-0.25, -0.2) is 0 Å². The molecule has 0 aromatic carbocycles. The van der Waals surface area contributed by atoms with Gasteiger partial charge in [0.05, 0.1) is 19.1 Å². The number of unbranched alkanes of at least 4 members (excludes halogenated alkanes) is 1. The van der Waals surface area contributed by atoms with E-state index in [1.807, 2.05) is 0 Å². The second-order valence-corrected chi connectivity index (χ2v) is 4.74. The lowest BCUT2D eigenvalue weighted by molar-refractivity contribution is -0.125. The maximum Gasteiger partial charge on any atom is 0.224 e. The molecule has 0 aliphatic carbocycles. The van der Waals surface area contributed by atoms with Crippen molar-refractivity contribution < 1.29 is 14.3 Å². The summed E-state index contributed by atoms with van der Waals surface area (Å²) in [5.74, 6) is 0.329. The molecule has 1 saturated heterocycles. The van der Waals surface area contributed by atoms with Crippen LogP contribution in [0.25, 0.3) is 0 Å². The number of amides is 1. The molecule has 18 heavy (non-hydrogen) atoms. The van der Waals surface area contributed by atoms with Crippen LogP contribution in [0.3, 0.4) is 0 Å². The van der Waals surface area contributed by atoms with E-state index >= 15 is 0 Å². The molecule has 106 valence electrons. The van der Waals surface area contributed by atoms with E-state index in [1.54, 1.807) is 7.11 Å². The summed E-state index contributed by atoms with van der Waals surface area (Å²) >= 11 is 0. The van der Waals surface area contributed by atoms with Crippen LogP contribution in [0.15, 0.2) is 0 Å². The van der Waals surface area contributed by atoms with E-state index in [4.69, 9.17) is 9.47 Å². The van der Waals surface area contributed by atoms with E-state index in [1.165, 1.54) is 0 Å². The van der Waals surface area contributed by atoms with Crippen molar-refractivity contribution in [1.82, 2.24) is 10.6 Å². The molecule has 0 aromatic rings. The quantitative estimate of drug-likeness (QED) is 0.593. The highest BCUT2D eigenvalue weighted by Crippen LogP contribution is 2.14. The number of rotatable bonds is 9. The van der Waals surface area contributed by atoms with Crippen molar-refractivity contribution in [2.75, 3.05) is 40.0 Å². The molecule has 1 heterocycles. The summed E-state index contributed by atoms with van der Waals surface area (Å²) in [5, 5.41) is 6.29. The first-order chi connectivity index (χ1) is 8.75. The molecule has 2 unspecified atom stereocenters. The fraction of sp³-hybridized carbons (Fsp3) is 0.923. The second-order valence-electron chi connectivity index (χ2n) is 4.74. The van der Waals surface area contributed by atoms with Crippen LogP contribution < -0.4 is 10.6 Å². The Morgan fingerprint density at radius 3 is 2.83 bits per heavy atom. The summed E-state index contributed by atoms with van der Waals surface area (Å²) in [6.45, 7) is 5.79. The lowest BCUT2D eigenvalue weighted by Gasteiger charge is -2.14. The average molecular weight is 258 g/mol. The molecule has 2 N–H and O–H groups in total. The van der Waals surface area contributed by atoms with Crippen LogP contribution in [0.5, 0.6) is 0 Å². The summed E-state index contributed by atoms with van der Waals surface area (Å²) in [5.41, 5.74) is 0. The van der Waals surface area contributed by atoms with Crippen LogP contribution in [0.4, 0.5) is 0 Å². The molecule has 1 aliphatic rings. The Hall–Kier alpha value is -0.650. The molecule has 0 radical (unpaired) electrons. The van der Waals surface area contributed by atoms with E-state index in [-0.39, 0.29) is 11.8 Å². The van der Waals surface area contributed by atoms with Gasteiger partial charge in [0.2, 0.25) is 5.91 Å². The molecule has 0 saturated carbocycles. The zero-order chi connectivity index (χ0) is 13.2. The van der Waals surface area contributed by atoms with E-state index in [9.17, 15) is 4.79 Å². The number of carbonyl (C=O) groups excluding carboxylic acids is 1. The van der Waals surface area contributed by atoms with Gasteiger partial charge in [0, 0.05) is 26.3 Å². The average Bonchev–Trinajstić information content (AvgIpc) is 2.79. The van der Waals surface area contributed by atoms with E-state index in [0.29, 0.717) is 19.3 Å². The summed E-state index contributed by atoms with van der Waals surface area (Å²) < 4.78 is 10.2. The van der Waals surface area contributed by atoms with Gasteiger partial charge >= 0.3 is 0 Å². The zero-order valence-electron chi connectivity index (χ0n) is 11.5. The highest BCUT2D eigenvalue weighted by atomic mass is 16.5. The van der Waals surface area contributed by atoms with Crippen LogP contribution in [0.1, 0.15) is 26.2 Å². The fourth-order valence-corrected chi connectivity index (χ4v) is 2.13. The zero-order valence-corrected chi connectivity index (χ0v) is 11.5. The second kappa shape index (κ2) is 9.30. The van der Waals surface area contributed by atoms with Gasteiger partial charge in [0.15, 0.2) is 0 Å². The van der Waals surface area contributed by atoms with Gasteiger partial charge in [-0.1, -0.05) is 0 Å². The predicted molar refractivity (Wildman–Crippen MR) is 70.5 cm³/mol. The SMILES string of the molecule is COCCOCCCCNC(=O)C1CCNC1C. The van der Waals surface area contributed by atoms with Gasteiger partial charge in [-0.15, -0.1) is 0 Å². The molecule has 0 aromatic heterocycles. The Morgan fingerprint density at radius 1 is 1.33 bits per heavy atom. The van der Waals surface area contributed by atoms with E-state index in [2.05, 4.69) is 17.6 Å². The normalized spacial score (nSPS) is 23.2. The predicted octanol–water partition coefficient (Wildman–Crippen LogP) is 0.544. The molecule has 0 bridgehead atoms. The van der Waals surface area contributed by atoms with Crippen LogP contribution in [-0.2, 0) is 14.3 Å². The Labute approximate surface area is 110 Å². The maximum atomic E-state index is 11.8. The monoisotopic (exact) mass is 258 g/mol. The molecule has 1 rings (SSSR count). The smallest absolute Gasteiger partial charge is 0.224 e. The van der Waals surface area contributed by atoms with Gasteiger partial charge in [0.25, 0.3) is 0 Å². The third-order valence-corrected chi connectivity index (χ3v) is 3.31.